The molecule has 5 heteroatoms. The van der Waals surface area contributed by atoms with Crippen molar-refractivity contribution in [2.45, 2.75) is 0 Å². The summed E-state index contributed by atoms with van der Waals surface area (Å²) in [5.41, 5.74) is 1.62. The van der Waals surface area contributed by atoms with Crippen LogP contribution in [0.3, 0.4) is 0 Å². The Morgan fingerprint density at radius 3 is 2.68 bits per heavy atom. The number of halogens is 1. The lowest BCUT2D eigenvalue weighted by Crippen LogP contribution is -2.05. The molecule has 19 heavy (non-hydrogen) atoms. The average molecular weight is 273 g/mol. The molecule has 0 aliphatic carbocycles. The summed E-state index contributed by atoms with van der Waals surface area (Å²) in [4.78, 5) is 17.2. The van der Waals surface area contributed by atoms with Crippen LogP contribution in [0.5, 0.6) is 0 Å². The van der Waals surface area contributed by atoms with Gasteiger partial charge in [-0.05, 0) is 35.2 Å². The molecule has 0 unspecified atom stereocenters. The molecule has 0 saturated heterocycles. The molecular weight excluding hydrogens is 265 g/mol. The number of hydrogen-bond acceptors (Lipinski definition) is 4. The predicted molar refractivity (Wildman–Crippen MR) is 71.3 cm³/mol. The summed E-state index contributed by atoms with van der Waals surface area (Å²) in [6, 6.07) is 9.62. The fourth-order valence-corrected chi connectivity index (χ4v) is 2.45. The van der Waals surface area contributed by atoms with E-state index >= 15 is 0 Å². The summed E-state index contributed by atoms with van der Waals surface area (Å²) in [5.74, 6) is -0.809. The van der Waals surface area contributed by atoms with Crippen LogP contribution >= 0.6 is 11.3 Å². The number of benzene rings is 1. The van der Waals surface area contributed by atoms with Gasteiger partial charge >= 0.3 is 5.97 Å². The van der Waals surface area contributed by atoms with Crippen molar-refractivity contribution in [1.29, 1.82) is 0 Å². The van der Waals surface area contributed by atoms with Crippen LogP contribution in [0.2, 0.25) is 0 Å². The molecular formula is C14H8FNO2S. The van der Waals surface area contributed by atoms with Gasteiger partial charge in [-0.2, -0.15) is 0 Å². The first kappa shape index (κ1) is 11.8. The van der Waals surface area contributed by atoms with Gasteiger partial charge in [0.25, 0.3) is 0 Å². The summed E-state index contributed by atoms with van der Waals surface area (Å²) < 4.78 is 12.8. The Labute approximate surface area is 112 Å². The average Bonchev–Trinajstić information content (AvgIpc) is 3.03. The van der Waals surface area contributed by atoms with Gasteiger partial charge in [0.05, 0.1) is 10.5 Å². The quantitative estimate of drug-likeness (QED) is 0.622. The van der Waals surface area contributed by atoms with Crippen molar-refractivity contribution in [3.05, 3.63) is 63.6 Å². The second-order valence-electron chi connectivity index (χ2n) is 3.91. The molecule has 0 saturated carbocycles. The third-order valence-corrected chi connectivity index (χ3v) is 3.51. The summed E-state index contributed by atoms with van der Waals surface area (Å²) >= 11 is 1.48. The molecule has 0 spiro atoms. The van der Waals surface area contributed by atoms with E-state index in [1.807, 2.05) is 17.5 Å². The van der Waals surface area contributed by atoms with Gasteiger partial charge in [0.1, 0.15) is 11.5 Å². The van der Waals surface area contributed by atoms with Crippen molar-refractivity contribution in [3.63, 3.8) is 0 Å². The molecule has 3 nitrogen and oxygen atoms in total. The zero-order valence-electron chi connectivity index (χ0n) is 9.67. The van der Waals surface area contributed by atoms with Crippen LogP contribution in [0, 0.1) is 5.82 Å². The number of oxime groups is 1. The smallest absolute Gasteiger partial charge is 0.312 e. The fourth-order valence-electron chi connectivity index (χ4n) is 1.73. The van der Waals surface area contributed by atoms with Crippen molar-refractivity contribution in [1.82, 2.24) is 0 Å². The Morgan fingerprint density at radius 1 is 1.21 bits per heavy atom. The van der Waals surface area contributed by atoms with E-state index in [1.54, 1.807) is 18.2 Å². The number of thiophene rings is 1. The van der Waals surface area contributed by atoms with Gasteiger partial charge in [0, 0.05) is 0 Å². The largest absolute Gasteiger partial charge is 0.368 e. The minimum absolute atomic E-state index is 0.316. The van der Waals surface area contributed by atoms with Gasteiger partial charge < -0.3 is 4.84 Å². The first-order valence-electron chi connectivity index (χ1n) is 5.55. The second-order valence-corrected chi connectivity index (χ2v) is 4.85. The maximum atomic E-state index is 12.8. The lowest BCUT2D eigenvalue weighted by atomic mass is 10.1. The van der Waals surface area contributed by atoms with E-state index in [0.717, 1.165) is 10.4 Å². The molecule has 94 valence electrons. The number of hydrogen-bond donors (Lipinski definition) is 0. The molecule has 1 aliphatic rings. The summed E-state index contributed by atoms with van der Waals surface area (Å²) in [7, 11) is 0. The van der Waals surface area contributed by atoms with Gasteiger partial charge in [-0.1, -0.05) is 23.4 Å². The third-order valence-electron chi connectivity index (χ3n) is 2.63. The van der Waals surface area contributed by atoms with Crippen LogP contribution in [0.25, 0.3) is 6.08 Å². The topological polar surface area (TPSA) is 38.7 Å². The molecule has 1 aromatic carbocycles. The molecule has 2 aromatic rings. The minimum Gasteiger partial charge on any atom is -0.312 e. The van der Waals surface area contributed by atoms with Crippen LogP contribution in [0.4, 0.5) is 4.39 Å². The Balaban J connectivity index is 2.00. The molecule has 0 N–H and O–H groups in total. The van der Waals surface area contributed by atoms with E-state index in [1.165, 1.54) is 23.5 Å². The van der Waals surface area contributed by atoms with Gasteiger partial charge in [0.15, 0.2) is 0 Å². The normalized spacial score (nSPS) is 16.6. The lowest BCUT2D eigenvalue weighted by molar-refractivity contribution is -0.136. The number of carbonyl (C=O) groups is 1. The van der Waals surface area contributed by atoms with E-state index in [2.05, 4.69) is 5.16 Å². The van der Waals surface area contributed by atoms with E-state index in [-0.39, 0.29) is 5.82 Å². The zero-order valence-corrected chi connectivity index (χ0v) is 10.5. The molecule has 1 aliphatic heterocycles. The molecule has 1 aromatic heterocycles. The highest BCUT2D eigenvalue weighted by Crippen LogP contribution is 2.23. The standard InChI is InChI=1S/C14H8FNO2S/c15-10-5-3-9(4-6-10)8-11-13(16-18-14(11)17)12-2-1-7-19-12/h1-8H/b11-8-. The van der Waals surface area contributed by atoms with Crippen molar-refractivity contribution in [2.24, 2.45) is 5.16 Å². The molecule has 2 heterocycles. The first-order chi connectivity index (χ1) is 9.24. The maximum absolute atomic E-state index is 12.8. The van der Waals surface area contributed by atoms with Crippen molar-refractivity contribution < 1.29 is 14.0 Å². The van der Waals surface area contributed by atoms with Crippen LogP contribution in [0.15, 0.2) is 52.5 Å². The monoisotopic (exact) mass is 273 g/mol. The highest BCUT2D eigenvalue weighted by Gasteiger charge is 2.27. The summed E-state index contributed by atoms with van der Waals surface area (Å²) in [6.45, 7) is 0. The molecule has 0 amide bonds. The molecule has 0 bridgehead atoms. The van der Waals surface area contributed by atoms with Gasteiger partial charge in [-0.3, -0.25) is 0 Å². The highest BCUT2D eigenvalue weighted by atomic mass is 32.1. The number of rotatable bonds is 2. The van der Waals surface area contributed by atoms with Gasteiger partial charge in [-0.15, -0.1) is 11.3 Å². The Bertz CT molecular complexity index is 672. The van der Waals surface area contributed by atoms with Crippen molar-refractivity contribution in [3.8, 4) is 0 Å². The van der Waals surface area contributed by atoms with Crippen molar-refractivity contribution in [2.75, 3.05) is 0 Å². The third kappa shape index (κ3) is 2.32. The SMILES string of the molecule is O=C1ON=C(c2cccs2)/C1=C/c1ccc(F)cc1. The summed E-state index contributed by atoms with van der Waals surface area (Å²) in [5, 5.41) is 5.69. The molecule has 0 fully saturated rings. The molecule has 0 radical (unpaired) electrons. The van der Waals surface area contributed by atoms with Crippen LogP contribution < -0.4 is 0 Å². The Morgan fingerprint density at radius 2 is 2.00 bits per heavy atom. The number of nitrogens with zero attached hydrogens (tertiary/aromatic N) is 1. The second kappa shape index (κ2) is 4.78. The Hall–Kier alpha value is -2.27. The zero-order chi connectivity index (χ0) is 13.2. The van der Waals surface area contributed by atoms with E-state index in [0.29, 0.717) is 11.3 Å². The predicted octanol–water partition coefficient (Wildman–Crippen LogP) is 3.23. The fraction of sp³-hybridized carbons (Fsp3) is 0. The van der Waals surface area contributed by atoms with Gasteiger partial charge in [0.2, 0.25) is 0 Å². The molecule has 0 atom stereocenters. The van der Waals surface area contributed by atoms with E-state index < -0.39 is 5.97 Å². The Kier molecular flexibility index (Phi) is 2.97. The molecule has 3 rings (SSSR count). The lowest BCUT2D eigenvalue weighted by Gasteiger charge is -1.97. The van der Waals surface area contributed by atoms with E-state index in [9.17, 15) is 9.18 Å². The van der Waals surface area contributed by atoms with Crippen LogP contribution in [-0.2, 0) is 9.63 Å². The maximum Gasteiger partial charge on any atom is 0.368 e. The highest BCUT2D eigenvalue weighted by molar-refractivity contribution is 7.12. The van der Waals surface area contributed by atoms with Gasteiger partial charge in [-0.25, -0.2) is 9.18 Å². The number of carbonyl (C=O) groups excluding carboxylic acids is 1. The summed E-state index contributed by atoms with van der Waals surface area (Å²) in [6.07, 6.45) is 1.65. The van der Waals surface area contributed by atoms with E-state index in [4.69, 9.17) is 4.84 Å². The van der Waals surface area contributed by atoms with Crippen LogP contribution in [0.1, 0.15) is 10.4 Å². The first-order valence-corrected chi connectivity index (χ1v) is 6.43. The van der Waals surface area contributed by atoms with Crippen LogP contribution in [-0.4, -0.2) is 11.7 Å². The minimum atomic E-state index is -0.493. The van der Waals surface area contributed by atoms with Crippen molar-refractivity contribution >= 4 is 29.1 Å².